The number of hydrogen-bond donors (Lipinski definition) is 0. The minimum Gasteiger partial charge on any atom is -0.465 e. The maximum Gasteiger partial charge on any atom is 0.387 e. The number of rotatable bonds is 3. The van der Waals surface area contributed by atoms with Gasteiger partial charge in [0.05, 0.1) is 7.11 Å². The van der Waals surface area contributed by atoms with Crippen LogP contribution in [0.5, 0.6) is 5.75 Å². The van der Waals surface area contributed by atoms with E-state index in [1.54, 1.807) is 0 Å². The third-order valence-electron chi connectivity index (χ3n) is 1.58. The van der Waals surface area contributed by atoms with E-state index in [9.17, 15) is 18.0 Å². The fourth-order valence-corrected chi connectivity index (χ4v) is 0.999. The Balaban J connectivity index is 3.14. The van der Waals surface area contributed by atoms with Gasteiger partial charge >= 0.3 is 12.6 Å². The van der Waals surface area contributed by atoms with Gasteiger partial charge in [0.15, 0.2) is 0 Å². The number of halogens is 3. The maximum absolute atomic E-state index is 13.1. The van der Waals surface area contributed by atoms with Gasteiger partial charge < -0.3 is 9.47 Å². The lowest BCUT2D eigenvalue weighted by molar-refractivity contribution is -0.0505. The Labute approximate surface area is 83.4 Å². The summed E-state index contributed by atoms with van der Waals surface area (Å²) < 4.78 is 45.1. The highest BCUT2D eigenvalue weighted by Gasteiger charge is 2.20. The lowest BCUT2D eigenvalue weighted by Crippen LogP contribution is -2.11. The minimum absolute atomic E-state index is 0.545. The van der Waals surface area contributed by atoms with Crippen molar-refractivity contribution in [2.24, 2.45) is 0 Å². The molecule has 0 bridgehead atoms. The van der Waals surface area contributed by atoms with Gasteiger partial charge in [0.25, 0.3) is 0 Å². The molecule has 0 saturated carbocycles. The van der Waals surface area contributed by atoms with Crippen LogP contribution in [-0.2, 0) is 4.74 Å². The predicted octanol–water partition coefficient (Wildman–Crippen LogP) is 2.21. The Morgan fingerprint density at radius 3 is 2.60 bits per heavy atom. The number of hydrogen-bond acceptors (Lipinski definition) is 3. The molecule has 0 fully saturated rings. The van der Waals surface area contributed by atoms with E-state index in [-0.39, 0.29) is 0 Å². The van der Waals surface area contributed by atoms with Crippen molar-refractivity contribution in [1.29, 1.82) is 0 Å². The van der Waals surface area contributed by atoms with Crippen LogP contribution >= 0.6 is 0 Å². The molecule has 15 heavy (non-hydrogen) atoms. The quantitative estimate of drug-likeness (QED) is 0.732. The topological polar surface area (TPSA) is 35.5 Å². The van der Waals surface area contributed by atoms with Gasteiger partial charge in [-0.2, -0.15) is 8.78 Å². The zero-order chi connectivity index (χ0) is 11.4. The number of benzene rings is 1. The van der Waals surface area contributed by atoms with Crippen LogP contribution in [0.1, 0.15) is 10.4 Å². The van der Waals surface area contributed by atoms with Gasteiger partial charge in [0.2, 0.25) is 0 Å². The van der Waals surface area contributed by atoms with Gasteiger partial charge in [0.1, 0.15) is 17.1 Å². The van der Waals surface area contributed by atoms with E-state index in [4.69, 9.17) is 0 Å². The summed E-state index contributed by atoms with van der Waals surface area (Å²) in [4.78, 5) is 11.0. The molecule has 0 aliphatic rings. The molecule has 0 amide bonds. The van der Waals surface area contributed by atoms with Crippen molar-refractivity contribution in [1.82, 2.24) is 0 Å². The van der Waals surface area contributed by atoms with Crippen molar-refractivity contribution < 1.29 is 27.4 Å². The van der Waals surface area contributed by atoms with Crippen LogP contribution in [0, 0.1) is 5.82 Å². The second kappa shape index (κ2) is 4.68. The summed E-state index contributed by atoms with van der Waals surface area (Å²) in [6, 6.07) is 3.16. The van der Waals surface area contributed by atoms with Crippen LogP contribution in [0.2, 0.25) is 0 Å². The second-order valence-corrected chi connectivity index (χ2v) is 2.48. The summed E-state index contributed by atoms with van der Waals surface area (Å²) in [6.07, 6.45) is 0. The molecule has 1 rings (SSSR count). The molecule has 0 atom stereocenters. The number of alkyl halides is 2. The Bertz CT molecular complexity index is 366. The van der Waals surface area contributed by atoms with E-state index < -0.39 is 29.7 Å². The average molecular weight is 220 g/mol. The zero-order valence-corrected chi connectivity index (χ0v) is 7.67. The van der Waals surface area contributed by atoms with Crippen LogP contribution in [0.4, 0.5) is 13.2 Å². The molecule has 0 radical (unpaired) electrons. The fourth-order valence-electron chi connectivity index (χ4n) is 0.999. The number of ether oxygens (including phenoxy) is 2. The average Bonchev–Trinajstić information content (AvgIpc) is 2.16. The van der Waals surface area contributed by atoms with Crippen LogP contribution in [0.25, 0.3) is 0 Å². The van der Waals surface area contributed by atoms with Crippen molar-refractivity contribution in [2.75, 3.05) is 7.11 Å². The molecule has 3 nitrogen and oxygen atoms in total. The van der Waals surface area contributed by atoms with Gasteiger partial charge in [-0.05, 0) is 12.1 Å². The summed E-state index contributed by atoms with van der Waals surface area (Å²) in [5, 5.41) is 0. The third kappa shape index (κ3) is 2.61. The zero-order valence-electron chi connectivity index (χ0n) is 7.67. The van der Waals surface area contributed by atoms with Crippen molar-refractivity contribution >= 4 is 5.97 Å². The molecule has 0 N–H and O–H groups in total. The van der Waals surface area contributed by atoms with Crippen LogP contribution in [0.3, 0.4) is 0 Å². The number of methoxy groups -OCH3 is 1. The molecule has 0 saturated heterocycles. The first-order valence-corrected chi connectivity index (χ1v) is 3.88. The van der Waals surface area contributed by atoms with E-state index in [0.717, 1.165) is 25.3 Å². The van der Waals surface area contributed by atoms with Crippen LogP contribution < -0.4 is 4.74 Å². The van der Waals surface area contributed by atoms with Gasteiger partial charge in [-0.15, -0.1) is 0 Å². The van der Waals surface area contributed by atoms with E-state index in [2.05, 4.69) is 9.47 Å². The van der Waals surface area contributed by atoms with Gasteiger partial charge in [0, 0.05) is 0 Å². The van der Waals surface area contributed by atoms with Gasteiger partial charge in [-0.3, -0.25) is 0 Å². The lowest BCUT2D eigenvalue weighted by Gasteiger charge is -2.09. The first kappa shape index (κ1) is 11.4. The Morgan fingerprint density at radius 2 is 2.07 bits per heavy atom. The van der Waals surface area contributed by atoms with Crippen molar-refractivity contribution in [2.45, 2.75) is 6.61 Å². The van der Waals surface area contributed by atoms with E-state index in [1.807, 2.05) is 0 Å². The first-order chi connectivity index (χ1) is 7.06. The van der Waals surface area contributed by atoms with Crippen molar-refractivity contribution in [3.05, 3.63) is 29.6 Å². The van der Waals surface area contributed by atoms with E-state index >= 15 is 0 Å². The third-order valence-corrected chi connectivity index (χ3v) is 1.58. The number of carbonyl (C=O) groups is 1. The van der Waals surface area contributed by atoms with E-state index in [1.165, 1.54) is 0 Å². The fraction of sp³-hybridized carbons (Fsp3) is 0.222. The predicted molar refractivity (Wildman–Crippen MR) is 44.4 cm³/mol. The van der Waals surface area contributed by atoms with Crippen molar-refractivity contribution in [3.63, 3.8) is 0 Å². The highest BCUT2D eigenvalue weighted by molar-refractivity contribution is 5.92. The molecule has 82 valence electrons. The summed E-state index contributed by atoms with van der Waals surface area (Å²) >= 11 is 0. The van der Waals surface area contributed by atoms with Gasteiger partial charge in [-0.1, -0.05) is 6.07 Å². The molecule has 0 aliphatic carbocycles. The Morgan fingerprint density at radius 1 is 1.40 bits per heavy atom. The molecule has 1 aromatic rings. The first-order valence-electron chi connectivity index (χ1n) is 3.88. The number of esters is 1. The monoisotopic (exact) mass is 220 g/mol. The van der Waals surface area contributed by atoms with E-state index in [0.29, 0.717) is 0 Å². The molecule has 0 aromatic heterocycles. The maximum atomic E-state index is 13.1. The molecule has 6 heteroatoms. The largest absolute Gasteiger partial charge is 0.465 e. The molecular weight excluding hydrogens is 213 g/mol. The summed E-state index contributed by atoms with van der Waals surface area (Å²) in [7, 11) is 1.01. The molecule has 0 spiro atoms. The smallest absolute Gasteiger partial charge is 0.387 e. The normalized spacial score (nSPS) is 10.2. The molecule has 0 heterocycles. The summed E-state index contributed by atoms with van der Waals surface area (Å²) in [5.74, 6) is -2.58. The SMILES string of the molecule is COC(=O)c1c(F)cccc1OC(F)F. The summed E-state index contributed by atoms with van der Waals surface area (Å²) in [6.45, 7) is -3.13. The van der Waals surface area contributed by atoms with Gasteiger partial charge in [-0.25, -0.2) is 9.18 Å². The molecule has 0 aliphatic heterocycles. The highest BCUT2D eigenvalue weighted by Crippen LogP contribution is 2.23. The standard InChI is InChI=1S/C9H7F3O3/c1-14-8(13)7-5(10)3-2-4-6(7)15-9(11)12/h2-4,9H,1H3. The van der Waals surface area contributed by atoms with Crippen LogP contribution in [-0.4, -0.2) is 19.7 Å². The molecule has 0 unspecified atom stereocenters. The summed E-state index contributed by atoms with van der Waals surface area (Å²) in [5.41, 5.74) is -0.639. The second-order valence-electron chi connectivity index (χ2n) is 2.48. The Hall–Kier alpha value is -1.72. The van der Waals surface area contributed by atoms with Crippen molar-refractivity contribution in [3.8, 4) is 5.75 Å². The molecular formula is C9H7F3O3. The Kier molecular flexibility index (Phi) is 3.54. The lowest BCUT2D eigenvalue weighted by atomic mass is 10.2. The minimum atomic E-state index is -3.13. The highest BCUT2D eigenvalue weighted by atomic mass is 19.3. The van der Waals surface area contributed by atoms with Crippen LogP contribution in [0.15, 0.2) is 18.2 Å². The molecule has 1 aromatic carbocycles. The number of carbonyl (C=O) groups excluding carboxylic acids is 1.